The topological polar surface area (TPSA) is 135 Å². The Morgan fingerprint density at radius 1 is 1.14 bits per heavy atom. The number of aliphatic hydroxyl groups excluding tert-OH is 3. The lowest BCUT2D eigenvalue weighted by Gasteiger charge is -2.49. The summed E-state index contributed by atoms with van der Waals surface area (Å²) in [5, 5.41) is 45.4. The maximum atomic E-state index is 13.4. The summed E-state index contributed by atoms with van der Waals surface area (Å²) in [6, 6.07) is 0. The average Bonchev–Trinajstić information content (AvgIpc) is 3.34. The Hall–Kier alpha value is -0.810. The molecule has 4 N–H and O–H groups in total. The Kier molecular flexibility index (Phi) is 3.15. The molecule has 0 aromatic carbocycles. The van der Waals surface area contributed by atoms with E-state index in [1.165, 1.54) is 0 Å². The maximum Gasteiger partial charge on any atom is 0.342 e. The first-order chi connectivity index (χ1) is 13.4. The second-order valence-electron chi connectivity index (χ2n) is 10.9. The Bertz CT molecular complexity index is 810. The zero-order valence-corrected chi connectivity index (χ0v) is 16.9. The predicted molar refractivity (Wildman–Crippen MR) is 92.9 cm³/mol. The van der Waals surface area contributed by atoms with Gasteiger partial charge in [-0.25, -0.2) is 4.79 Å². The first kappa shape index (κ1) is 18.9. The number of ether oxygens (including phenoxy) is 4. The van der Waals surface area contributed by atoms with Crippen LogP contribution >= 0.6 is 0 Å². The van der Waals surface area contributed by atoms with Gasteiger partial charge < -0.3 is 39.4 Å². The van der Waals surface area contributed by atoms with Crippen molar-refractivity contribution in [3.63, 3.8) is 0 Å². The third-order valence-corrected chi connectivity index (χ3v) is 9.14. The standard InChI is InChI=1S/C20H28O9/c1-7-6-26-12-10(21)18-9-5-8(16(2,3)4)17(18)11(22)13(23)28-15(17)29-20(18,14(24)27-9)19(7,12)25/h7-13,15,21-23,25H,5-6H2,1-4H3/t7-,8?,9?,10+,11+,12?,13+,15+,17?,18?,19-,20-/m1/s1. The lowest BCUT2D eigenvalue weighted by Crippen LogP contribution is -2.67. The summed E-state index contributed by atoms with van der Waals surface area (Å²) in [7, 11) is 0. The SMILES string of the molecule is C[C@@H]1COC2[C@H](O)C34C5CC(C(C)(C)C)C36[C@@H](O[C@H](O)[C@@H]6O)O[C@@]4(C(=O)O5)[C@]21O. The number of hydrogen-bond acceptors (Lipinski definition) is 9. The van der Waals surface area contributed by atoms with Crippen LogP contribution in [0.3, 0.4) is 0 Å². The molecule has 0 aromatic heterocycles. The maximum absolute atomic E-state index is 13.4. The molecule has 4 saturated heterocycles. The van der Waals surface area contributed by atoms with E-state index in [1.54, 1.807) is 6.92 Å². The molecule has 2 saturated carbocycles. The number of rotatable bonds is 0. The van der Waals surface area contributed by atoms with Crippen LogP contribution < -0.4 is 0 Å². The smallest absolute Gasteiger partial charge is 0.342 e. The molecule has 9 heteroatoms. The fourth-order valence-electron chi connectivity index (χ4n) is 8.36. The van der Waals surface area contributed by atoms with Crippen molar-refractivity contribution in [2.24, 2.45) is 28.1 Å². The Morgan fingerprint density at radius 3 is 2.48 bits per heavy atom. The van der Waals surface area contributed by atoms with Crippen LogP contribution in [0.4, 0.5) is 0 Å². The van der Waals surface area contributed by atoms with Crippen molar-refractivity contribution in [2.45, 2.75) is 82.3 Å². The molecule has 162 valence electrons. The molecule has 0 amide bonds. The van der Waals surface area contributed by atoms with Gasteiger partial charge in [0.05, 0.1) is 23.5 Å². The number of fused-ring (bicyclic) bond motifs is 1. The van der Waals surface area contributed by atoms with Gasteiger partial charge in [0.25, 0.3) is 0 Å². The highest BCUT2D eigenvalue weighted by Crippen LogP contribution is 2.84. The lowest BCUT2D eigenvalue weighted by molar-refractivity contribution is -0.263. The van der Waals surface area contributed by atoms with Gasteiger partial charge in [0, 0.05) is 5.92 Å². The minimum absolute atomic E-state index is 0.157. The summed E-state index contributed by atoms with van der Waals surface area (Å²) in [6.07, 6.45) is -6.96. The van der Waals surface area contributed by atoms with E-state index in [2.05, 4.69) is 0 Å². The van der Waals surface area contributed by atoms with E-state index in [1.807, 2.05) is 20.8 Å². The molecule has 0 aromatic rings. The van der Waals surface area contributed by atoms with Gasteiger partial charge in [0.2, 0.25) is 5.60 Å². The largest absolute Gasteiger partial charge is 0.459 e. The fraction of sp³-hybridized carbons (Fsp3) is 0.950. The molecule has 12 atom stereocenters. The Morgan fingerprint density at radius 2 is 1.83 bits per heavy atom. The highest BCUT2D eigenvalue weighted by molar-refractivity contribution is 5.89. The minimum atomic E-state index is -1.93. The molecule has 0 bridgehead atoms. The first-order valence-corrected chi connectivity index (χ1v) is 10.4. The Labute approximate surface area is 167 Å². The van der Waals surface area contributed by atoms with Crippen LogP contribution in [0, 0.1) is 28.1 Å². The van der Waals surface area contributed by atoms with E-state index in [-0.39, 0.29) is 12.5 Å². The lowest BCUT2D eigenvalue weighted by atomic mass is 9.51. The van der Waals surface area contributed by atoms with E-state index in [0.29, 0.717) is 6.42 Å². The number of esters is 1. The van der Waals surface area contributed by atoms with Crippen LogP contribution in [0.5, 0.6) is 0 Å². The van der Waals surface area contributed by atoms with Gasteiger partial charge in [-0.3, -0.25) is 0 Å². The van der Waals surface area contributed by atoms with Crippen molar-refractivity contribution in [3.8, 4) is 0 Å². The summed E-state index contributed by atoms with van der Waals surface area (Å²) in [5.41, 5.74) is -7.01. The number of hydrogen-bond donors (Lipinski definition) is 4. The number of carbonyl (C=O) groups excluding carboxylic acids is 1. The van der Waals surface area contributed by atoms with Crippen LogP contribution in [-0.4, -0.2) is 81.2 Å². The highest BCUT2D eigenvalue weighted by Gasteiger charge is 3.02. The third kappa shape index (κ3) is 1.42. The van der Waals surface area contributed by atoms with Gasteiger partial charge in [-0.05, 0) is 17.8 Å². The molecule has 6 aliphatic rings. The van der Waals surface area contributed by atoms with Crippen LogP contribution in [0.25, 0.3) is 0 Å². The quantitative estimate of drug-likeness (QED) is 0.366. The van der Waals surface area contributed by atoms with Gasteiger partial charge >= 0.3 is 5.97 Å². The van der Waals surface area contributed by atoms with E-state index in [0.717, 1.165) is 0 Å². The zero-order chi connectivity index (χ0) is 20.9. The van der Waals surface area contributed by atoms with E-state index < -0.39 is 76.3 Å². The predicted octanol–water partition coefficient (Wildman–Crippen LogP) is -1.10. The summed E-state index contributed by atoms with van der Waals surface area (Å²) in [5.74, 6) is -1.59. The van der Waals surface area contributed by atoms with Gasteiger partial charge in [-0.2, -0.15) is 0 Å². The monoisotopic (exact) mass is 412 g/mol. The van der Waals surface area contributed by atoms with Crippen LogP contribution in [0.2, 0.25) is 0 Å². The van der Waals surface area contributed by atoms with Crippen LogP contribution in [-0.2, 0) is 23.7 Å². The minimum Gasteiger partial charge on any atom is -0.459 e. The van der Waals surface area contributed by atoms with E-state index in [4.69, 9.17) is 18.9 Å². The number of aliphatic hydroxyl groups is 4. The molecule has 2 aliphatic carbocycles. The van der Waals surface area contributed by atoms with Gasteiger partial charge in [-0.15, -0.1) is 0 Å². The van der Waals surface area contributed by atoms with Gasteiger partial charge in [0.15, 0.2) is 12.6 Å². The second-order valence-corrected chi connectivity index (χ2v) is 10.9. The van der Waals surface area contributed by atoms with Crippen molar-refractivity contribution in [1.82, 2.24) is 0 Å². The van der Waals surface area contributed by atoms with Crippen molar-refractivity contribution in [1.29, 1.82) is 0 Å². The molecule has 6 rings (SSSR count). The van der Waals surface area contributed by atoms with Crippen molar-refractivity contribution in [3.05, 3.63) is 0 Å². The van der Waals surface area contributed by atoms with Gasteiger partial charge in [0.1, 0.15) is 23.9 Å². The molecule has 9 nitrogen and oxygen atoms in total. The number of carbonyl (C=O) groups is 1. The average molecular weight is 412 g/mol. The molecule has 2 spiro atoms. The van der Waals surface area contributed by atoms with E-state index >= 15 is 0 Å². The summed E-state index contributed by atoms with van der Waals surface area (Å²) >= 11 is 0. The van der Waals surface area contributed by atoms with Gasteiger partial charge in [-0.1, -0.05) is 27.7 Å². The van der Waals surface area contributed by atoms with E-state index in [9.17, 15) is 25.2 Å². The van der Waals surface area contributed by atoms with Crippen LogP contribution in [0.15, 0.2) is 0 Å². The molecule has 5 unspecified atom stereocenters. The zero-order valence-electron chi connectivity index (χ0n) is 16.9. The van der Waals surface area contributed by atoms with Crippen LogP contribution in [0.1, 0.15) is 34.1 Å². The molecule has 0 radical (unpaired) electrons. The van der Waals surface area contributed by atoms with Crippen molar-refractivity contribution < 1.29 is 44.2 Å². The summed E-state index contributed by atoms with van der Waals surface area (Å²) in [4.78, 5) is 13.4. The summed E-state index contributed by atoms with van der Waals surface area (Å²) < 4.78 is 23.5. The highest BCUT2D eigenvalue weighted by atomic mass is 16.8. The molecule has 4 aliphatic heterocycles. The second kappa shape index (κ2) is 4.82. The molecular formula is C20H28O9. The molecule has 29 heavy (non-hydrogen) atoms. The summed E-state index contributed by atoms with van der Waals surface area (Å²) in [6.45, 7) is 7.89. The van der Waals surface area contributed by atoms with Crippen molar-refractivity contribution in [2.75, 3.05) is 6.61 Å². The molecule has 4 heterocycles. The third-order valence-electron chi connectivity index (χ3n) is 9.14. The fourth-order valence-corrected chi connectivity index (χ4v) is 8.36. The first-order valence-electron chi connectivity index (χ1n) is 10.4. The molecule has 6 fully saturated rings. The van der Waals surface area contributed by atoms with Crippen molar-refractivity contribution >= 4 is 5.97 Å². The molecular weight excluding hydrogens is 384 g/mol. The normalized spacial score (nSPS) is 64.8. The Balaban J connectivity index is 1.71.